The van der Waals surface area contributed by atoms with Crippen LogP contribution in [-0.2, 0) is 15.6 Å². The third-order valence-electron chi connectivity index (χ3n) is 6.36. The summed E-state index contributed by atoms with van der Waals surface area (Å²) >= 11 is 0. The van der Waals surface area contributed by atoms with Gasteiger partial charge in [0, 0.05) is 5.41 Å². The average Bonchev–Trinajstić information content (AvgIpc) is 2.74. The van der Waals surface area contributed by atoms with E-state index in [2.05, 4.69) is 20.8 Å². The first-order valence-corrected chi connectivity index (χ1v) is 7.42. The van der Waals surface area contributed by atoms with E-state index >= 15 is 0 Å². The molecule has 0 radical (unpaired) electrons. The molecule has 1 aromatic carbocycles. The molecule has 2 aliphatic rings. The topological polar surface area (TPSA) is 68.9 Å². The minimum Gasteiger partial charge on any atom is -0.369 e. The zero-order valence-electron chi connectivity index (χ0n) is 12.6. The molecule has 1 fully saturated rings. The number of benzene rings is 1. The molecule has 4 rings (SSSR count). The summed E-state index contributed by atoms with van der Waals surface area (Å²) in [6.45, 7) is 6.48. The van der Waals surface area contributed by atoms with E-state index in [1.165, 1.54) is 0 Å². The quantitative estimate of drug-likeness (QED) is 0.873. The second kappa shape index (κ2) is 3.43. The largest absolute Gasteiger partial charge is 0.369 e. The van der Waals surface area contributed by atoms with Gasteiger partial charge in [-0.25, -0.2) is 9.97 Å². The van der Waals surface area contributed by atoms with Crippen molar-refractivity contribution < 1.29 is 4.79 Å². The van der Waals surface area contributed by atoms with Gasteiger partial charge >= 0.3 is 0 Å². The van der Waals surface area contributed by atoms with E-state index < -0.39 is 5.41 Å². The smallest absolute Gasteiger partial charge is 0.230 e. The summed E-state index contributed by atoms with van der Waals surface area (Å²) in [4.78, 5) is 22.1. The van der Waals surface area contributed by atoms with Gasteiger partial charge < -0.3 is 5.73 Å². The van der Waals surface area contributed by atoms with Crippen LogP contribution in [-0.4, -0.2) is 15.9 Å². The normalized spacial score (nSPS) is 32.3. The maximum atomic E-state index is 12.4. The van der Waals surface area contributed by atoms with E-state index in [1.807, 2.05) is 24.3 Å². The summed E-state index contributed by atoms with van der Waals surface area (Å²) < 4.78 is 0. The van der Waals surface area contributed by atoms with Crippen molar-refractivity contribution in [2.24, 2.45) is 11.1 Å². The molecule has 2 aliphatic carbocycles. The van der Waals surface area contributed by atoms with Crippen molar-refractivity contribution in [2.45, 2.75) is 44.4 Å². The Balaban J connectivity index is 2.15. The first kappa shape index (κ1) is 12.7. The summed E-state index contributed by atoms with van der Waals surface area (Å²) in [6.07, 6.45) is 1.70. The zero-order valence-corrected chi connectivity index (χ0v) is 12.6. The van der Waals surface area contributed by atoms with Crippen LogP contribution < -0.4 is 5.73 Å². The monoisotopic (exact) mass is 281 g/mol. The molecule has 1 aromatic heterocycles. The molecule has 2 aromatic rings. The van der Waals surface area contributed by atoms with Crippen LogP contribution in [0, 0.1) is 5.41 Å². The second-order valence-corrected chi connectivity index (χ2v) is 7.14. The lowest BCUT2D eigenvalue weighted by atomic mass is 9.63. The Morgan fingerprint density at radius 3 is 2.19 bits per heavy atom. The fourth-order valence-corrected chi connectivity index (χ4v) is 4.59. The Morgan fingerprint density at radius 2 is 1.62 bits per heavy atom. The predicted molar refractivity (Wildman–Crippen MR) is 80.8 cm³/mol. The molecular formula is C17H19N3O. The van der Waals surface area contributed by atoms with E-state index in [-0.39, 0.29) is 16.7 Å². The van der Waals surface area contributed by atoms with Gasteiger partial charge in [-0.05, 0) is 30.4 Å². The average molecular weight is 281 g/mol. The molecule has 2 atom stereocenters. The van der Waals surface area contributed by atoms with Crippen LogP contribution in [0.15, 0.2) is 24.3 Å². The minimum atomic E-state index is -0.686. The lowest BCUT2D eigenvalue weighted by Gasteiger charge is -2.38. The number of carbonyl (C=O) groups is 1. The zero-order chi connectivity index (χ0) is 15.0. The van der Waals surface area contributed by atoms with Crippen molar-refractivity contribution in [2.75, 3.05) is 0 Å². The first-order chi connectivity index (χ1) is 9.84. The summed E-state index contributed by atoms with van der Waals surface area (Å²) in [7, 11) is 0. The van der Waals surface area contributed by atoms with Crippen LogP contribution in [0.5, 0.6) is 0 Å². The van der Waals surface area contributed by atoms with Crippen LogP contribution in [0.4, 0.5) is 0 Å². The predicted octanol–water partition coefficient (Wildman–Crippen LogP) is 2.44. The summed E-state index contributed by atoms with van der Waals surface area (Å²) in [5.74, 6) is -0.264. The van der Waals surface area contributed by atoms with E-state index in [9.17, 15) is 4.79 Å². The maximum Gasteiger partial charge on any atom is 0.230 e. The molecule has 108 valence electrons. The van der Waals surface area contributed by atoms with Crippen molar-refractivity contribution in [3.63, 3.8) is 0 Å². The van der Waals surface area contributed by atoms with Gasteiger partial charge in [0.1, 0.15) is 0 Å². The number of fused-ring (bicyclic) bond motifs is 6. The molecule has 1 saturated carbocycles. The second-order valence-electron chi connectivity index (χ2n) is 7.14. The lowest BCUT2D eigenvalue weighted by molar-refractivity contribution is -0.127. The number of rotatable bonds is 1. The van der Waals surface area contributed by atoms with Crippen LogP contribution in [0.25, 0.3) is 11.0 Å². The van der Waals surface area contributed by atoms with Crippen molar-refractivity contribution in [3.8, 4) is 0 Å². The summed E-state index contributed by atoms with van der Waals surface area (Å²) in [6, 6.07) is 7.83. The highest BCUT2D eigenvalue weighted by molar-refractivity contribution is 5.91. The van der Waals surface area contributed by atoms with Crippen LogP contribution in [0.3, 0.4) is 0 Å². The Bertz CT molecular complexity index is 798. The van der Waals surface area contributed by atoms with Gasteiger partial charge in [-0.15, -0.1) is 0 Å². The highest BCUT2D eigenvalue weighted by Gasteiger charge is 2.72. The number of aromatic nitrogens is 2. The van der Waals surface area contributed by atoms with E-state index in [0.29, 0.717) is 0 Å². The van der Waals surface area contributed by atoms with Gasteiger partial charge in [0.25, 0.3) is 0 Å². The number of hydrogen-bond acceptors (Lipinski definition) is 3. The van der Waals surface area contributed by atoms with E-state index in [1.54, 1.807) is 0 Å². The Labute approximate surface area is 123 Å². The van der Waals surface area contributed by atoms with Gasteiger partial charge in [0.05, 0.1) is 27.8 Å². The van der Waals surface area contributed by atoms with Gasteiger partial charge in [0.15, 0.2) is 0 Å². The molecule has 0 saturated heterocycles. The van der Waals surface area contributed by atoms with Crippen molar-refractivity contribution in [1.82, 2.24) is 9.97 Å². The standard InChI is InChI=1S/C17H19N3O/c1-15(2)16(3)8-9-17(15,14(18)21)13-12(16)19-10-6-4-5-7-11(10)20-13/h4-7H,8-9H2,1-3H3,(H2,18,21)/t16-,17-/m0/s1. The number of nitrogens with two attached hydrogens (primary N) is 1. The van der Waals surface area contributed by atoms with Crippen molar-refractivity contribution in [1.29, 1.82) is 0 Å². The molecule has 21 heavy (non-hydrogen) atoms. The Hall–Kier alpha value is -1.97. The molecule has 2 N–H and O–H groups in total. The molecule has 0 unspecified atom stereocenters. The number of nitrogens with zero attached hydrogens (tertiary/aromatic N) is 2. The van der Waals surface area contributed by atoms with Gasteiger partial charge in [-0.3, -0.25) is 4.79 Å². The van der Waals surface area contributed by atoms with Gasteiger partial charge in [-0.1, -0.05) is 32.9 Å². The van der Waals surface area contributed by atoms with Crippen LogP contribution >= 0.6 is 0 Å². The Morgan fingerprint density at radius 1 is 1.05 bits per heavy atom. The molecule has 1 amide bonds. The number of primary amides is 1. The number of carbonyl (C=O) groups excluding carboxylic acids is 1. The maximum absolute atomic E-state index is 12.4. The van der Waals surface area contributed by atoms with Gasteiger partial charge in [-0.2, -0.15) is 0 Å². The molecular weight excluding hydrogens is 262 g/mol. The lowest BCUT2D eigenvalue weighted by Crippen LogP contribution is -2.49. The number of para-hydroxylation sites is 2. The van der Waals surface area contributed by atoms with Crippen molar-refractivity contribution >= 4 is 16.9 Å². The third-order valence-corrected chi connectivity index (χ3v) is 6.36. The third kappa shape index (κ3) is 1.13. The fraction of sp³-hybridized carbons (Fsp3) is 0.471. The van der Waals surface area contributed by atoms with Crippen LogP contribution in [0.2, 0.25) is 0 Å². The fourth-order valence-electron chi connectivity index (χ4n) is 4.59. The van der Waals surface area contributed by atoms with E-state index in [0.717, 1.165) is 35.3 Å². The summed E-state index contributed by atoms with van der Waals surface area (Å²) in [5, 5.41) is 0. The highest BCUT2D eigenvalue weighted by atomic mass is 16.1. The molecule has 1 heterocycles. The number of hydrogen-bond donors (Lipinski definition) is 1. The highest BCUT2D eigenvalue weighted by Crippen LogP contribution is 2.69. The SMILES string of the molecule is CC1(C)[C@@]2(C)CC[C@@]1(C(N)=O)c1nc3ccccc3nc12. The minimum absolute atomic E-state index is 0.144. The molecule has 2 bridgehead atoms. The molecule has 4 heteroatoms. The van der Waals surface area contributed by atoms with Gasteiger partial charge in [0.2, 0.25) is 5.91 Å². The Kier molecular flexibility index (Phi) is 2.08. The van der Waals surface area contributed by atoms with Crippen molar-refractivity contribution in [3.05, 3.63) is 35.7 Å². The van der Waals surface area contributed by atoms with E-state index in [4.69, 9.17) is 15.7 Å². The molecule has 0 spiro atoms. The molecule has 0 aliphatic heterocycles. The molecule has 4 nitrogen and oxygen atoms in total. The summed E-state index contributed by atoms with van der Waals surface area (Å²) in [5.41, 5.74) is 8.27. The number of amides is 1. The van der Waals surface area contributed by atoms with Crippen LogP contribution in [0.1, 0.15) is 45.0 Å². The first-order valence-electron chi connectivity index (χ1n) is 7.42.